The zero-order valence-corrected chi connectivity index (χ0v) is 14.3. The van der Waals surface area contributed by atoms with E-state index >= 15 is 0 Å². The number of carbonyl (C=O) groups is 2. The quantitative estimate of drug-likeness (QED) is 0.842. The van der Waals surface area contributed by atoms with Gasteiger partial charge in [0.05, 0.1) is 10.7 Å². The van der Waals surface area contributed by atoms with E-state index in [0.29, 0.717) is 22.8 Å². The van der Waals surface area contributed by atoms with Gasteiger partial charge in [0.2, 0.25) is 5.91 Å². The van der Waals surface area contributed by atoms with Crippen molar-refractivity contribution in [2.24, 2.45) is 0 Å². The van der Waals surface area contributed by atoms with Crippen LogP contribution < -0.4 is 5.32 Å². The summed E-state index contributed by atoms with van der Waals surface area (Å²) < 4.78 is 0. The summed E-state index contributed by atoms with van der Waals surface area (Å²) in [5.41, 5.74) is 1.06. The van der Waals surface area contributed by atoms with E-state index in [1.165, 1.54) is 6.08 Å². The Morgan fingerprint density at radius 1 is 1.30 bits per heavy atom. The summed E-state index contributed by atoms with van der Waals surface area (Å²) in [5.74, 6) is -0.250. The summed E-state index contributed by atoms with van der Waals surface area (Å²) in [6, 6.07) is 4.98. The normalized spacial score (nSPS) is 14.7. The Morgan fingerprint density at radius 3 is 2.61 bits per heavy atom. The predicted octanol–water partition coefficient (Wildman–Crippen LogP) is 2.63. The fourth-order valence-corrected chi connectivity index (χ4v) is 2.63. The molecule has 1 heterocycles. The molecule has 0 bridgehead atoms. The number of likely N-dealkylation sites (tertiary alicyclic amines) is 1. The van der Waals surface area contributed by atoms with Crippen molar-refractivity contribution in [3.8, 4) is 0 Å². The maximum absolute atomic E-state index is 12.3. The SMILES string of the molecule is CN(C)C/C=C/C(=O)Nc1ccc(C(=O)N2CCCC2)cc1Cl. The van der Waals surface area contributed by atoms with E-state index in [0.717, 1.165) is 25.9 Å². The van der Waals surface area contributed by atoms with Crippen LogP contribution in [0.15, 0.2) is 30.4 Å². The first kappa shape index (κ1) is 17.5. The Kier molecular flexibility index (Phi) is 6.19. The summed E-state index contributed by atoms with van der Waals surface area (Å²) in [4.78, 5) is 27.9. The molecular weight excluding hydrogens is 314 g/mol. The van der Waals surface area contributed by atoms with Crippen LogP contribution >= 0.6 is 11.6 Å². The number of hydrogen-bond donors (Lipinski definition) is 1. The number of halogens is 1. The molecule has 23 heavy (non-hydrogen) atoms. The van der Waals surface area contributed by atoms with Crippen LogP contribution in [0.1, 0.15) is 23.2 Å². The van der Waals surface area contributed by atoms with Crippen molar-refractivity contribution in [1.29, 1.82) is 0 Å². The van der Waals surface area contributed by atoms with Gasteiger partial charge in [0.15, 0.2) is 0 Å². The van der Waals surface area contributed by atoms with E-state index < -0.39 is 0 Å². The molecule has 0 aromatic heterocycles. The Balaban J connectivity index is 2.00. The number of benzene rings is 1. The second-order valence-electron chi connectivity index (χ2n) is 5.85. The van der Waals surface area contributed by atoms with Gasteiger partial charge < -0.3 is 15.1 Å². The highest BCUT2D eigenvalue weighted by Crippen LogP contribution is 2.24. The molecule has 0 radical (unpaired) electrons. The number of nitrogens with one attached hydrogen (secondary N) is 1. The molecular formula is C17H22ClN3O2. The number of amides is 2. The van der Waals surface area contributed by atoms with Crippen molar-refractivity contribution in [3.05, 3.63) is 40.9 Å². The maximum atomic E-state index is 12.3. The first-order valence-corrected chi connectivity index (χ1v) is 8.06. The monoisotopic (exact) mass is 335 g/mol. The van der Waals surface area contributed by atoms with Gasteiger partial charge in [-0.25, -0.2) is 0 Å². The van der Waals surface area contributed by atoms with Crippen LogP contribution in [0.4, 0.5) is 5.69 Å². The van der Waals surface area contributed by atoms with Crippen LogP contribution in [0, 0.1) is 0 Å². The molecule has 2 amide bonds. The van der Waals surface area contributed by atoms with Crippen molar-refractivity contribution in [2.45, 2.75) is 12.8 Å². The molecule has 1 aromatic carbocycles. The van der Waals surface area contributed by atoms with Crippen LogP contribution in [-0.2, 0) is 4.79 Å². The van der Waals surface area contributed by atoms with Gasteiger partial charge in [-0.1, -0.05) is 17.7 Å². The Bertz CT molecular complexity index is 608. The lowest BCUT2D eigenvalue weighted by Crippen LogP contribution is -2.27. The van der Waals surface area contributed by atoms with E-state index in [-0.39, 0.29) is 11.8 Å². The van der Waals surface area contributed by atoms with Crippen molar-refractivity contribution in [3.63, 3.8) is 0 Å². The molecule has 0 atom stereocenters. The van der Waals surface area contributed by atoms with E-state index in [1.807, 2.05) is 23.9 Å². The summed E-state index contributed by atoms with van der Waals surface area (Å²) in [6.45, 7) is 2.28. The molecule has 0 unspecified atom stereocenters. The highest BCUT2D eigenvalue weighted by atomic mass is 35.5. The minimum atomic E-state index is -0.243. The lowest BCUT2D eigenvalue weighted by atomic mass is 10.2. The molecule has 1 fully saturated rings. The van der Waals surface area contributed by atoms with Crippen molar-refractivity contribution >= 4 is 29.1 Å². The van der Waals surface area contributed by atoms with E-state index in [1.54, 1.807) is 24.3 Å². The first-order valence-electron chi connectivity index (χ1n) is 7.68. The minimum Gasteiger partial charge on any atom is -0.339 e. The summed E-state index contributed by atoms with van der Waals surface area (Å²) >= 11 is 6.19. The molecule has 1 aliphatic rings. The van der Waals surface area contributed by atoms with Gasteiger partial charge in [-0.05, 0) is 45.1 Å². The second-order valence-corrected chi connectivity index (χ2v) is 6.25. The van der Waals surface area contributed by atoms with Crippen LogP contribution in [-0.4, -0.2) is 55.3 Å². The van der Waals surface area contributed by atoms with Gasteiger partial charge in [0.25, 0.3) is 5.91 Å². The molecule has 1 aliphatic heterocycles. The smallest absolute Gasteiger partial charge is 0.253 e. The molecule has 2 rings (SSSR count). The maximum Gasteiger partial charge on any atom is 0.253 e. The third kappa shape index (κ3) is 5.08. The van der Waals surface area contributed by atoms with Gasteiger partial charge in [0.1, 0.15) is 0 Å². The average Bonchev–Trinajstić information content (AvgIpc) is 3.02. The van der Waals surface area contributed by atoms with Gasteiger partial charge in [-0.3, -0.25) is 9.59 Å². The van der Waals surface area contributed by atoms with Gasteiger partial charge in [0, 0.05) is 31.3 Å². The van der Waals surface area contributed by atoms with Crippen LogP contribution in [0.25, 0.3) is 0 Å². The van der Waals surface area contributed by atoms with Gasteiger partial charge in [-0.15, -0.1) is 0 Å². The zero-order valence-electron chi connectivity index (χ0n) is 13.5. The third-order valence-corrected chi connectivity index (χ3v) is 3.92. The molecule has 0 spiro atoms. The molecule has 124 valence electrons. The summed E-state index contributed by atoms with van der Waals surface area (Å²) in [5, 5.41) is 3.08. The molecule has 1 N–H and O–H groups in total. The van der Waals surface area contributed by atoms with Crippen LogP contribution in [0.5, 0.6) is 0 Å². The minimum absolute atomic E-state index is 0.00634. The number of hydrogen-bond acceptors (Lipinski definition) is 3. The number of nitrogens with zero attached hydrogens (tertiary/aromatic N) is 2. The fraction of sp³-hybridized carbons (Fsp3) is 0.412. The molecule has 0 saturated carbocycles. The molecule has 1 saturated heterocycles. The van der Waals surface area contributed by atoms with Gasteiger partial charge >= 0.3 is 0 Å². The largest absolute Gasteiger partial charge is 0.339 e. The molecule has 5 nitrogen and oxygen atoms in total. The van der Waals surface area contributed by atoms with Gasteiger partial charge in [-0.2, -0.15) is 0 Å². The second kappa shape index (κ2) is 8.13. The summed E-state index contributed by atoms with van der Waals surface area (Å²) in [6.07, 6.45) is 5.34. The third-order valence-electron chi connectivity index (χ3n) is 3.61. The lowest BCUT2D eigenvalue weighted by molar-refractivity contribution is -0.111. The highest BCUT2D eigenvalue weighted by Gasteiger charge is 2.20. The standard InChI is InChI=1S/C17H22ClN3O2/c1-20(2)9-5-6-16(22)19-15-8-7-13(12-14(15)18)17(23)21-10-3-4-11-21/h5-8,12H,3-4,9-11H2,1-2H3,(H,19,22)/b6-5+. The van der Waals surface area contributed by atoms with E-state index in [9.17, 15) is 9.59 Å². The van der Waals surface area contributed by atoms with Crippen molar-refractivity contribution in [2.75, 3.05) is 39.0 Å². The van der Waals surface area contributed by atoms with Crippen molar-refractivity contribution < 1.29 is 9.59 Å². The topological polar surface area (TPSA) is 52.7 Å². The Labute approximate surface area is 141 Å². The van der Waals surface area contributed by atoms with Crippen LogP contribution in [0.3, 0.4) is 0 Å². The highest BCUT2D eigenvalue weighted by molar-refractivity contribution is 6.34. The zero-order chi connectivity index (χ0) is 16.8. The first-order chi connectivity index (χ1) is 11.0. The summed E-state index contributed by atoms with van der Waals surface area (Å²) in [7, 11) is 3.85. The van der Waals surface area contributed by atoms with Crippen molar-refractivity contribution in [1.82, 2.24) is 9.80 Å². The Hall–Kier alpha value is -1.85. The number of carbonyl (C=O) groups excluding carboxylic acids is 2. The predicted molar refractivity (Wildman–Crippen MR) is 92.9 cm³/mol. The average molecular weight is 336 g/mol. The van der Waals surface area contributed by atoms with E-state index in [2.05, 4.69) is 5.32 Å². The molecule has 0 aliphatic carbocycles. The van der Waals surface area contributed by atoms with E-state index in [4.69, 9.17) is 11.6 Å². The Morgan fingerprint density at radius 2 is 2.00 bits per heavy atom. The lowest BCUT2D eigenvalue weighted by Gasteiger charge is -2.16. The molecule has 1 aromatic rings. The number of rotatable bonds is 5. The number of anilines is 1. The number of likely N-dealkylation sites (N-methyl/N-ethyl adjacent to an activating group) is 1. The fourth-order valence-electron chi connectivity index (χ4n) is 2.40. The molecule has 6 heteroatoms. The van der Waals surface area contributed by atoms with Crippen LogP contribution in [0.2, 0.25) is 5.02 Å².